The molecule has 1 aliphatic rings. The number of hydrogen-bond acceptors (Lipinski definition) is 2. The average molecular weight is 268 g/mol. The summed E-state index contributed by atoms with van der Waals surface area (Å²) in [5, 5.41) is 0. The first-order chi connectivity index (χ1) is 9.65. The lowest BCUT2D eigenvalue weighted by Gasteiger charge is -2.28. The van der Waals surface area contributed by atoms with E-state index in [4.69, 9.17) is 0 Å². The monoisotopic (exact) mass is 268 g/mol. The molecule has 1 N–H and O–H groups in total. The Balaban J connectivity index is 1.80. The molecule has 1 aromatic carbocycles. The second kappa shape index (κ2) is 4.96. The lowest BCUT2D eigenvalue weighted by molar-refractivity contribution is 0.0729. The fraction of sp³-hybridized carbons (Fsp3) is 0.250. The van der Waals surface area contributed by atoms with Crippen molar-refractivity contribution in [3.05, 3.63) is 58.9 Å². The van der Waals surface area contributed by atoms with Crippen LogP contribution in [0.15, 0.2) is 36.5 Å². The number of fused-ring (bicyclic) bond motifs is 1. The van der Waals surface area contributed by atoms with Crippen LogP contribution in [-0.4, -0.2) is 28.1 Å². The van der Waals surface area contributed by atoms with E-state index in [-0.39, 0.29) is 11.7 Å². The number of H-pyrrole nitrogens is 1. The Morgan fingerprint density at radius 1 is 1.20 bits per heavy atom. The van der Waals surface area contributed by atoms with Gasteiger partial charge in [0.15, 0.2) is 5.78 Å². The first-order valence-corrected chi connectivity index (χ1v) is 6.70. The van der Waals surface area contributed by atoms with E-state index < -0.39 is 0 Å². The quantitative estimate of drug-likeness (QED) is 0.850. The Bertz CT molecular complexity index is 673. The molecule has 102 valence electrons. The van der Waals surface area contributed by atoms with Crippen LogP contribution < -0.4 is 0 Å². The van der Waals surface area contributed by atoms with Crippen LogP contribution in [0.2, 0.25) is 0 Å². The Kier molecular flexibility index (Phi) is 3.14. The molecule has 4 heteroatoms. The van der Waals surface area contributed by atoms with Gasteiger partial charge in [0.1, 0.15) is 5.69 Å². The molecule has 1 aromatic heterocycles. The molecule has 20 heavy (non-hydrogen) atoms. The Hall–Kier alpha value is -2.36. The van der Waals surface area contributed by atoms with Gasteiger partial charge in [-0.2, -0.15) is 0 Å². The standard InChI is InChI=1S/C16H16N2O2/c1-11(19)14-8-15(17-9-14)16(20)18-7-6-12-4-2-3-5-13(12)10-18/h2-5,8-9,17H,6-7,10H2,1H3. The Labute approximate surface area is 117 Å². The van der Waals surface area contributed by atoms with Gasteiger partial charge in [0.05, 0.1) is 0 Å². The normalized spacial score (nSPS) is 13.9. The van der Waals surface area contributed by atoms with Crippen LogP contribution in [0.25, 0.3) is 0 Å². The van der Waals surface area contributed by atoms with E-state index in [0.717, 1.165) is 6.42 Å². The zero-order valence-corrected chi connectivity index (χ0v) is 11.3. The summed E-state index contributed by atoms with van der Waals surface area (Å²) in [4.78, 5) is 28.4. The molecule has 1 aliphatic heterocycles. The highest BCUT2D eigenvalue weighted by molar-refractivity contribution is 5.99. The summed E-state index contributed by atoms with van der Waals surface area (Å²) in [7, 11) is 0. The molecule has 0 aliphatic carbocycles. The summed E-state index contributed by atoms with van der Waals surface area (Å²) >= 11 is 0. The van der Waals surface area contributed by atoms with E-state index in [2.05, 4.69) is 17.1 Å². The van der Waals surface area contributed by atoms with Crippen LogP contribution in [0.4, 0.5) is 0 Å². The van der Waals surface area contributed by atoms with E-state index >= 15 is 0 Å². The Morgan fingerprint density at radius 3 is 2.65 bits per heavy atom. The number of carbonyl (C=O) groups is 2. The highest BCUT2D eigenvalue weighted by atomic mass is 16.2. The highest BCUT2D eigenvalue weighted by Gasteiger charge is 2.22. The maximum absolute atomic E-state index is 12.4. The smallest absolute Gasteiger partial charge is 0.270 e. The molecule has 0 unspecified atom stereocenters. The van der Waals surface area contributed by atoms with Gasteiger partial charge in [0, 0.05) is 24.8 Å². The van der Waals surface area contributed by atoms with E-state index in [9.17, 15) is 9.59 Å². The number of hydrogen-bond donors (Lipinski definition) is 1. The number of ketones is 1. The highest BCUT2D eigenvalue weighted by Crippen LogP contribution is 2.20. The molecular formula is C16H16N2O2. The maximum atomic E-state index is 12.4. The largest absolute Gasteiger partial charge is 0.356 e. The number of aromatic nitrogens is 1. The third-order valence-electron chi connectivity index (χ3n) is 3.74. The maximum Gasteiger partial charge on any atom is 0.270 e. The number of aromatic amines is 1. The third-order valence-corrected chi connectivity index (χ3v) is 3.74. The van der Waals surface area contributed by atoms with Crippen molar-refractivity contribution in [3.63, 3.8) is 0 Å². The van der Waals surface area contributed by atoms with Crippen LogP contribution in [0.1, 0.15) is 38.9 Å². The van der Waals surface area contributed by atoms with Crippen molar-refractivity contribution in [1.29, 1.82) is 0 Å². The topological polar surface area (TPSA) is 53.2 Å². The molecule has 0 spiro atoms. The third kappa shape index (κ3) is 2.25. The molecule has 0 atom stereocenters. The summed E-state index contributed by atoms with van der Waals surface area (Å²) < 4.78 is 0. The first kappa shape index (κ1) is 12.7. The number of nitrogens with zero attached hydrogens (tertiary/aromatic N) is 1. The van der Waals surface area contributed by atoms with Crippen LogP contribution in [-0.2, 0) is 13.0 Å². The Morgan fingerprint density at radius 2 is 1.95 bits per heavy atom. The molecule has 0 bridgehead atoms. The van der Waals surface area contributed by atoms with E-state index in [1.54, 1.807) is 12.3 Å². The first-order valence-electron chi connectivity index (χ1n) is 6.70. The second-order valence-corrected chi connectivity index (χ2v) is 5.10. The van der Waals surface area contributed by atoms with Crippen molar-refractivity contribution >= 4 is 11.7 Å². The molecule has 3 rings (SSSR count). The summed E-state index contributed by atoms with van der Waals surface area (Å²) in [6, 6.07) is 9.82. The van der Waals surface area contributed by atoms with E-state index in [0.29, 0.717) is 24.3 Å². The number of carbonyl (C=O) groups excluding carboxylic acids is 2. The zero-order valence-electron chi connectivity index (χ0n) is 11.3. The SMILES string of the molecule is CC(=O)c1c[nH]c(C(=O)N2CCc3ccccc3C2)c1. The van der Waals surface area contributed by atoms with Crippen molar-refractivity contribution in [2.24, 2.45) is 0 Å². The fourth-order valence-electron chi connectivity index (χ4n) is 2.56. The summed E-state index contributed by atoms with van der Waals surface area (Å²) in [6.45, 7) is 2.84. The van der Waals surface area contributed by atoms with Gasteiger partial charge < -0.3 is 9.88 Å². The van der Waals surface area contributed by atoms with Gasteiger partial charge in [-0.25, -0.2) is 0 Å². The predicted molar refractivity (Wildman–Crippen MR) is 75.7 cm³/mol. The van der Waals surface area contributed by atoms with Gasteiger partial charge in [-0.3, -0.25) is 9.59 Å². The molecule has 0 saturated carbocycles. The second-order valence-electron chi connectivity index (χ2n) is 5.10. The molecular weight excluding hydrogens is 252 g/mol. The molecule has 0 fully saturated rings. The summed E-state index contributed by atoms with van der Waals surface area (Å²) in [5.74, 6) is -0.0868. The number of rotatable bonds is 2. The van der Waals surface area contributed by atoms with Crippen molar-refractivity contribution in [3.8, 4) is 0 Å². The number of nitrogens with one attached hydrogen (secondary N) is 1. The average Bonchev–Trinajstić information content (AvgIpc) is 2.96. The predicted octanol–water partition coefficient (Wildman–Crippen LogP) is 2.42. The molecule has 4 nitrogen and oxygen atoms in total. The molecule has 0 saturated heterocycles. The number of benzene rings is 1. The lowest BCUT2D eigenvalue weighted by atomic mass is 10.00. The summed E-state index contributed by atoms with van der Waals surface area (Å²) in [5.41, 5.74) is 3.54. The van der Waals surface area contributed by atoms with Crippen LogP contribution >= 0.6 is 0 Å². The molecule has 0 radical (unpaired) electrons. The molecule has 2 aromatic rings. The minimum atomic E-state index is -0.0491. The summed E-state index contributed by atoms with van der Waals surface area (Å²) in [6.07, 6.45) is 2.47. The van der Waals surface area contributed by atoms with Crippen molar-refractivity contribution in [2.75, 3.05) is 6.54 Å². The van der Waals surface area contributed by atoms with Crippen molar-refractivity contribution in [1.82, 2.24) is 9.88 Å². The van der Waals surface area contributed by atoms with Gasteiger partial charge in [-0.05, 0) is 30.5 Å². The van der Waals surface area contributed by atoms with E-state index in [1.165, 1.54) is 18.1 Å². The fourth-order valence-corrected chi connectivity index (χ4v) is 2.56. The van der Waals surface area contributed by atoms with E-state index in [1.807, 2.05) is 17.0 Å². The van der Waals surface area contributed by atoms with Gasteiger partial charge in [-0.1, -0.05) is 24.3 Å². The van der Waals surface area contributed by atoms with Gasteiger partial charge in [0.25, 0.3) is 5.91 Å². The zero-order chi connectivity index (χ0) is 14.1. The van der Waals surface area contributed by atoms with Crippen molar-refractivity contribution < 1.29 is 9.59 Å². The lowest BCUT2D eigenvalue weighted by Crippen LogP contribution is -2.36. The van der Waals surface area contributed by atoms with Crippen LogP contribution in [0.3, 0.4) is 0 Å². The van der Waals surface area contributed by atoms with Gasteiger partial charge in [-0.15, -0.1) is 0 Å². The van der Waals surface area contributed by atoms with Crippen LogP contribution in [0.5, 0.6) is 0 Å². The minimum Gasteiger partial charge on any atom is -0.356 e. The number of Topliss-reactive ketones (excluding diaryl/α,β-unsaturated/α-hetero) is 1. The van der Waals surface area contributed by atoms with Crippen molar-refractivity contribution in [2.45, 2.75) is 19.9 Å². The number of amides is 1. The van der Waals surface area contributed by atoms with Gasteiger partial charge >= 0.3 is 0 Å². The molecule has 1 amide bonds. The molecule has 2 heterocycles. The van der Waals surface area contributed by atoms with Gasteiger partial charge in [0.2, 0.25) is 0 Å². The van der Waals surface area contributed by atoms with Crippen LogP contribution in [0, 0.1) is 0 Å². The minimum absolute atomic E-state index is 0.0377.